The van der Waals surface area contributed by atoms with Gasteiger partial charge in [0.25, 0.3) is 0 Å². The zero-order valence-electron chi connectivity index (χ0n) is 11.3. The number of nitrogens with two attached hydrogens (primary N) is 2. The highest BCUT2D eigenvalue weighted by atomic mass is 15.6. The fraction of sp³-hybridized carbons (Fsp3) is 0.333. The van der Waals surface area contributed by atoms with Crippen LogP contribution in [0.15, 0.2) is 29.6 Å². The molecule has 0 amide bonds. The summed E-state index contributed by atoms with van der Waals surface area (Å²) in [5.41, 5.74) is 8.50. The third kappa shape index (κ3) is 2.98. The van der Waals surface area contributed by atoms with Gasteiger partial charge < -0.3 is 10.1 Å². The summed E-state index contributed by atoms with van der Waals surface area (Å²) in [6.45, 7) is 5.99. The van der Waals surface area contributed by atoms with Gasteiger partial charge in [0.15, 0.2) is 5.84 Å². The maximum absolute atomic E-state index is 5.79. The van der Waals surface area contributed by atoms with E-state index in [4.69, 9.17) is 11.6 Å². The standard InChI is InChI=1S/C10H14N6.C2H6/c1-7-6-13-9-5-8(3-4-16(7)9)10(11)14-15(2)12;1-2/h3-6H,12H2,1-2H3,(H2,11,14);1-2H3. The number of aryl methyl sites for hydroxylation is 1. The van der Waals surface area contributed by atoms with Gasteiger partial charge in [-0.25, -0.2) is 15.9 Å². The van der Waals surface area contributed by atoms with E-state index < -0.39 is 0 Å². The number of hydrogen-bond donors (Lipinski definition) is 2. The molecule has 2 heterocycles. The molecule has 0 unspecified atom stereocenters. The van der Waals surface area contributed by atoms with Gasteiger partial charge in [0.1, 0.15) is 5.65 Å². The first-order chi connectivity index (χ1) is 8.58. The molecule has 0 atom stereocenters. The molecule has 18 heavy (non-hydrogen) atoms. The van der Waals surface area contributed by atoms with Gasteiger partial charge in [-0.05, 0) is 19.1 Å². The van der Waals surface area contributed by atoms with E-state index in [1.807, 2.05) is 49.7 Å². The van der Waals surface area contributed by atoms with Crippen molar-refractivity contribution < 1.29 is 0 Å². The molecule has 0 aliphatic rings. The van der Waals surface area contributed by atoms with Crippen LogP contribution in [-0.2, 0) is 0 Å². The first-order valence-electron chi connectivity index (χ1n) is 5.84. The Morgan fingerprint density at radius 2 is 2.11 bits per heavy atom. The van der Waals surface area contributed by atoms with Crippen LogP contribution in [0.4, 0.5) is 0 Å². The zero-order valence-corrected chi connectivity index (χ0v) is 11.3. The topological polar surface area (TPSA) is 84.9 Å². The van der Waals surface area contributed by atoms with Crippen molar-refractivity contribution in [3.8, 4) is 0 Å². The van der Waals surface area contributed by atoms with Crippen LogP contribution in [0.5, 0.6) is 0 Å². The highest BCUT2D eigenvalue weighted by Crippen LogP contribution is 2.08. The SMILES string of the molecule is CC.Cc1cnc2cc(/C(N)=N/N(C)N)ccn12. The Bertz CT molecular complexity index is 540. The van der Waals surface area contributed by atoms with E-state index in [2.05, 4.69) is 10.1 Å². The summed E-state index contributed by atoms with van der Waals surface area (Å²) in [5, 5.41) is 5.11. The van der Waals surface area contributed by atoms with E-state index in [9.17, 15) is 0 Å². The van der Waals surface area contributed by atoms with Crippen molar-refractivity contribution in [1.82, 2.24) is 14.5 Å². The summed E-state index contributed by atoms with van der Waals surface area (Å²) >= 11 is 0. The van der Waals surface area contributed by atoms with Crippen LogP contribution in [-0.4, -0.2) is 27.4 Å². The molecule has 0 aromatic carbocycles. The zero-order chi connectivity index (χ0) is 13.7. The second kappa shape index (κ2) is 6.02. The summed E-state index contributed by atoms with van der Waals surface area (Å²) in [5.74, 6) is 5.76. The Balaban J connectivity index is 0.000000771. The minimum Gasteiger partial charge on any atom is -0.382 e. The summed E-state index contributed by atoms with van der Waals surface area (Å²) in [7, 11) is 1.62. The number of amidine groups is 1. The number of rotatable bonds is 2. The average Bonchev–Trinajstić information content (AvgIpc) is 2.72. The number of hydrazone groups is 1. The van der Waals surface area contributed by atoms with E-state index in [1.165, 1.54) is 5.12 Å². The van der Waals surface area contributed by atoms with Crippen LogP contribution in [0.3, 0.4) is 0 Å². The molecular formula is C12H20N6. The van der Waals surface area contributed by atoms with Crippen molar-refractivity contribution in [2.75, 3.05) is 7.05 Å². The Labute approximate surface area is 107 Å². The van der Waals surface area contributed by atoms with Crippen molar-refractivity contribution in [1.29, 1.82) is 0 Å². The number of imidazole rings is 1. The van der Waals surface area contributed by atoms with Crippen molar-refractivity contribution >= 4 is 11.5 Å². The molecule has 2 aromatic rings. The molecule has 0 saturated heterocycles. The maximum Gasteiger partial charge on any atom is 0.152 e. The highest BCUT2D eigenvalue weighted by molar-refractivity contribution is 5.97. The number of nitrogens with zero attached hydrogens (tertiary/aromatic N) is 4. The summed E-state index contributed by atoms with van der Waals surface area (Å²) < 4.78 is 1.98. The average molecular weight is 248 g/mol. The molecule has 0 aliphatic carbocycles. The summed E-state index contributed by atoms with van der Waals surface area (Å²) in [4.78, 5) is 4.25. The van der Waals surface area contributed by atoms with Gasteiger partial charge in [-0.3, -0.25) is 0 Å². The molecule has 2 aromatic heterocycles. The molecule has 0 aliphatic heterocycles. The lowest BCUT2D eigenvalue weighted by molar-refractivity contribution is 0.371. The number of pyridine rings is 1. The molecule has 2 rings (SSSR count). The van der Waals surface area contributed by atoms with Gasteiger partial charge in [0.2, 0.25) is 0 Å². The number of hydrogen-bond acceptors (Lipinski definition) is 4. The Kier molecular flexibility index (Phi) is 4.67. The van der Waals surface area contributed by atoms with Crippen LogP contribution in [0.2, 0.25) is 0 Å². The predicted octanol–water partition coefficient (Wildman–Crippen LogP) is 1.09. The third-order valence-corrected chi connectivity index (χ3v) is 2.26. The largest absolute Gasteiger partial charge is 0.382 e. The monoisotopic (exact) mass is 248 g/mol. The quantitative estimate of drug-likeness (QED) is 0.360. The molecule has 4 N–H and O–H groups in total. The molecule has 0 fully saturated rings. The van der Waals surface area contributed by atoms with Crippen LogP contribution in [0, 0.1) is 6.92 Å². The Hall–Kier alpha value is -2.08. The molecule has 0 radical (unpaired) electrons. The van der Waals surface area contributed by atoms with Gasteiger partial charge in [-0.2, -0.15) is 0 Å². The van der Waals surface area contributed by atoms with Gasteiger partial charge in [0.05, 0.1) is 0 Å². The molecular weight excluding hydrogens is 228 g/mol. The van der Waals surface area contributed by atoms with Crippen molar-refractivity contribution in [2.24, 2.45) is 16.7 Å². The van der Waals surface area contributed by atoms with Crippen molar-refractivity contribution in [3.63, 3.8) is 0 Å². The van der Waals surface area contributed by atoms with Crippen LogP contribution >= 0.6 is 0 Å². The minimum atomic E-state index is 0.369. The second-order valence-corrected chi connectivity index (χ2v) is 3.60. The van der Waals surface area contributed by atoms with Crippen LogP contribution in [0.1, 0.15) is 25.1 Å². The highest BCUT2D eigenvalue weighted by Gasteiger charge is 2.03. The van der Waals surface area contributed by atoms with Gasteiger partial charge in [-0.15, -0.1) is 5.10 Å². The first-order valence-corrected chi connectivity index (χ1v) is 5.84. The van der Waals surface area contributed by atoms with Crippen molar-refractivity contribution in [2.45, 2.75) is 20.8 Å². The molecule has 0 spiro atoms. The minimum absolute atomic E-state index is 0.369. The Morgan fingerprint density at radius 3 is 2.72 bits per heavy atom. The second-order valence-electron chi connectivity index (χ2n) is 3.60. The van der Waals surface area contributed by atoms with Gasteiger partial charge >= 0.3 is 0 Å². The predicted molar refractivity (Wildman–Crippen MR) is 74.0 cm³/mol. The number of hydrazine groups is 1. The van der Waals surface area contributed by atoms with Crippen molar-refractivity contribution in [3.05, 3.63) is 35.8 Å². The van der Waals surface area contributed by atoms with Gasteiger partial charge in [0, 0.05) is 30.7 Å². The molecule has 0 bridgehead atoms. The van der Waals surface area contributed by atoms with E-state index in [0.29, 0.717) is 5.84 Å². The Morgan fingerprint density at radius 1 is 1.44 bits per heavy atom. The third-order valence-electron chi connectivity index (χ3n) is 2.26. The summed E-state index contributed by atoms with van der Waals surface area (Å²) in [6, 6.07) is 3.75. The smallest absolute Gasteiger partial charge is 0.152 e. The van der Waals surface area contributed by atoms with E-state index in [1.54, 1.807) is 7.05 Å². The fourth-order valence-corrected chi connectivity index (χ4v) is 1.49. The maximum atomic E-state index is 5.79. The first kappa shape index (κ1) is 14.0. The van der Waals surface area contributed by atoms with E-state index >= 15 is 0 Å². The normalized spacial score (nSPS) is 11.1. The van der Waals surface area contributed by atoms with Crippen LogP contribution < -0.4 is 11.6 Å². The fourth-order valence-electron chi connectivity index (χ4n) is 1.49. The molecule has 0 saturated carbocycles. The van der Waals surface area contributed by atoms with Gasteiger partial charge in [-0.1, -0.05) is 13.8 Å². The van der Waals surface area contributed by atoms with E-state index in [-0.39, 0.29) is 0 Å². The van der Waals surface area contributed by atoms with E-state index in [0.717, 1.165) is 16.9 Å². The number of fused-ring (bicyclic) bond motifs is 1. The number of aromatic nitrogens is 2. The summed E-state index contributed by atoms with van der Waals surface area (Å²) in [6.07, 6.45) is 3.72. The lowest BCUT2D eigenvalue weighted by Gasteiger charge is -2.07. The molecule has 98 valence electrons. The lowest BCUT2D eigenvalue weighted by atomic mass is 10.2. The molecule has 6 nitrogen and oxygen atoms in total. The molecule has 6 heteroatoms. The lowest BCUT2D eigenvalue weighted by Crippen LogP contribution is -2.25. The van der Waals surface area contributed by atoms with Crippen LogP contribution in [0.25, 0.3) is 5.65 Å².